The number of anilines is 1. The highest BCUT2D eigenvalue weighted by atomic mass is 35.5. The van der Waals surface area contributed by atoms with Crippen LogP contribution in [0.15, 0.2) is 12.3 Å². The van der Waals surface area contributed by atoms with Crippen LogP contribution in [0.3, 0.4) is 0 Å². The number of nitrogens with zero attached hydrogens (tertiary/aromatic N) is 3. The Morgan fingerprint density at radius 2 is 2.29 bits per heavy atom. The van der Waals surface area contributed by atoms with Crippen LogP contribution < -0.4 is 5.32 Å². The highest BCUT2D eigenvalue weighted by molar-refractivity contribution is 6.30. The summed E-state index contributed by atoms with van der Waals surface area (Å²) < 4.78 is 0. The average molecular weight is 311 g/mol. The number of amides is 1. The van der Waals surface area contributed by atoms with Crippen molar-refractivity contribution in [1.29, 1.82) is 0 Å². The molecule has 1 atom stereocenters. The van der Waals surface area contributed by atoms with E-state index in [9.17, 15) is 14.9 Å². The molecule has 2 heterocycles. The molecule has 7 nitrogen and oxygen atoms in total. The Labute approximate surface area is 126 Å². The van der Waals surface area contributed by atoms with E-state index in [1.165, 1.54) is 12.3 Å². The summed E-state index contributed by atoms with van der Waals surface area (Å²) in [5, 5.41) is 14.2. The van der Waals surface area contributed by atoms with Crippen LogP contribution in [0.4, 0.5) is 11.5 Å². The molecule has 1 N–H and O–H groups in total. The average Bonchev–Trinajstić information content (AvgIpc) is 3.21. The van der Waals surface area contributed by atoms with Gasteiger partial charge in [0.1, 0.15) is 0 Å². The van der Waals surface area contributed by atoms with Gasteiger partial charge in [0.15, 0.2) is 0 Å². The molecule has 1 aliphatic carbocycles. The molecule has 1 aromatic rings. The Bertz CT molecular complexity index is 591. The normalized spacial score (nSPS) is 21.7. The molecule has 1 saturated heterocycles. The number of nitrogens with one attached hydrogen (secondary N) is 1. The maximum absolute atomic E-state index is 11.9. The van der Waals surface area contributed by atoms with Crippen molar-refractivity contribution in [2.45, 2.75) is 25.3 Å². The van der Waals surface area contributed by atoms with Crippen LogP contribution >= 0.6 is 11.6 Å². The second-order valence-corrected chi connectivity index (χ2v) is 5.94. The molecule has 0 spiro atoms. The number of halogens is 1. The van der Waals surface area contributed by atoms with Crippen molar-refractivity contribution in [3.8, 4) is 0 Å². The minimum absolute atomic E-state index is 0.147. The van der Waals surface area contributed by atoms with Crippen LogP contribution in [0.2, 0.25) is 5.02 Å². The fourth-order valence-electron chi connectivity index (χ4n) is 2.63. The minimum atomic E-state index is -0.516. The molecule has 2 aliphatic rings. The number of hydrogen-bond acceptors (Lipinski definition) is 5. The molecule has 1 aliphatic heterocycles. The van der Waals surface area contributed by atoms with E-state index in [0.717, 1.165) is 19.4 Å². The van der Waals surface area contributed by atoms with Gasteiger partial charge in [0, 0.05) is 43.7 Å². The first kappa shape index (κ1) is 14.1. The number of aromatic nitrogens is 1. The number of hydrogen-bond donors (Lipinski definition) is 1. The van der Waals surface area contributed by atoms with Gasteiger partial charge in [-0.1, -0.05) is 11.6 Å². The summed E-state index contributed by atoms with van der Waals surface area (Å²) in [5.41, 5.74) is -0.147. The van der Waals surface area contributed by atoms with Crippen LogP contribution in [0.25, 0.3) is 0 Å². The predicted molar refractivity (Wildman–Crippen MR) is 77.2 cm³/mol. The number of rotatable bonds is 5. The van der Waals surface area contributed by atoms with Crippen molar-refractivity contribution in [2.75, 3.05) is 18.4 Å². The van der Waals surface area contributed by atoms with Crippen molar-refractivity contribution in [1.82, 2.24) is 9.88 Å². The Morgan fingerprint density at radius 1 is 1.52 bits per heavy atom. The molecule has 1 saturated carbocycles. The molecular formula is C13H15ClN4O3. The lowest BCUT2D eigenvalue weighted by atomic mass is 10.1. The van der Waals surface area contributed by atoms with Gasteiger partial charge in [-0.2, -0.15) is 0 Å². The number of nitro groups is 1. The first-order valence-corrected chi connectivity index (χ1v) is 7.25. The van der Waals surface area contributed by atoms with Gasteiger partial charge in [-0.25, -0.2) is 4.98 Å². The zero-order valence-electron chi connectivity index (χ0n) is 11.3. The third-order valence-electron chi connectivity index (χ3n) is 3.82. The summed E-state index contributed by atoms with van der Waals surface area (Å²) in [6.45, 7) is 1.21. The number of pyridine rings is 1. The highest BCUT2D eigenvalue weighted by Gasteiger charge is 2.39. The zero-order valence-corrected chi connectivity index (χ0v) is 12.0. The lowest BCUT2D eigenvalue weighted by Gasteiger charge is -2.15. The second kappa shape index (κ2) is 5.48. The van der Waals surface area contributed by atoms with Gasteiger partial charge in [-0.15, -0.1) is 0 Å². The number of likely N-dealkylation sites (tertiary alicyclic amines) is 1. The first-order valence-electron chi connectivity index (χ1n) is 6.88. The maximum Gasteiger partial charge on any atom is 0.312 e. The van der Waals surface area contributed by atoms with Crippen molar-refractivity contribution in [2.24, 2.45) is 5.92 Å². The van der Waals surface area contributed by atoms with Crippen molar-refractivity contribution >= 4 is 29.0 Å². The first-order chi connectivity index (χ1) is 10.0. The van der Waals surface area contributed by atoms with E-state index in [2.05, 4.69) is 10.3 Å². The molecular weight excluding hydrogens is 296 g/mol. The molecule has 3 rings (SSSR count). The van der Waals surface area contributed by atoms with E-state index in [1.807, 2.05) is 4.90 Å². The summed E-state index contributed by atoms with van der Waals surface area (Å²) in [4.78, 5) is 28.2. The third-order valence-corrected chi connectivity index (χ3v) is 4.02. The van der Waals surface area contributed by atoms with Crippen LogP contribution in [0, 0.1) is 16.0 Å². The smallest absolute Gasteiger partial charge is 0.312 e. The summed E-state index contributed by atoms with van der Waals surface area (Å²) in [7, 11) is 0. The maximum atomic E-state index is 11.9. The molecule has 0 radical (unpaired) electrons. The third kappa shape index (κ3) is 3.07. The Balaban J connectivity index is 1.63. The predicted octanol–water partition coefficient (Wildman–Crippen LogP) is 2.07. The summed E-state index contributed by atoms with van der Waals surface area (Å²) in [6.07, 6.45) is 4.05. The fraction of sp³-hybridized carbons (Fsp3) is 0.538. The van der Waals surface area contributed by atoms with E-state index in [-0.39, 0.29) is 28.4 Å². The molecule has 1 unspecified atom stereocenters. The molecule has 8 heteroatoms. The quantitative estimate of drug-likeness (QED) is 0.664. The molecule has 1 aromatic heterocycles. The van der Waals surface area contributed by atoms with Gasteiger partial charge in [0.2, 0.25) is 11.7 Å². The Kier molecular flexibility index (Phi) is 3.67. The van der Waals surface area contributed by atoms with Gasteiger partial charge in [-0.05, 0) is 12.8 Å². The minimum Gasteiger partial charge on any atom is -0.364 e. The van der Waals surface area contributed by atoms with Gasteiger partial charge >= 0.3 is 5.69 Å². The van der Waals surface area contributed by atoms with Gasteiger partial charge in [-0.3, -0.25) is 14.9 Å². The van der Waals surface area contributed by atoms with E-state index in [1.54, 1.807) is 0 Å². The van der Waals surface area contributed by atoms with Crippen molar-refractivity contribution < 1.29 is 9.72 Å². The SMILES string of the molecule is O=C1CC(CNc2ncc(Cl)cc2[N+](=O)[O-])CN1C1CC1. The summed E-state index contributed by atoms with van der Waals surface area (Å²) >= 11 is 5.72. The molecule has 0 aromatic carbocycles. The number of carbonyl (C=O) groups is 1. The molecule has 0 bridgehead atoms. The molecule has 21 heavy (non-hydrogen) atoms. The molecule has 112 valence electrons. The summed E-state index contributed by atoms with van der Waals surface area (Å²) in [6, 6.07) is 1.69. The van der Waals surface area contributed by atoms with E-state index in [4.69, 9.17) is 11.6 Å². The Hall–Kier alpha value is -1.89. The Morgan fingerprint density at radius 3 is 2.95 bits per heavy atom. The monoisotopic (exact) mass is 310 g/mol. The second-order valence-electron chi connectivity index (χ2n) is 5.51. The number of carbonyl (C=O) groups excluding carboxylic acids is 1. The van der Waals surface area contributed by atoms with E-state index < -0.39 is 4.92 Å². The van der Waals surface area contributed by atoms with Crippen LogP contribution in [0.1, 0.15) is 19.3 Å². The standard InChI is InChI=1S/C13H15ClN4O3/c14-9-4-11(18(20)21)13(16-6-9)15-5-8-3-12(19)17(7-8)10-1-2-10/h4,6,8,10H,1-3,5,7H2,(H,15,16). The molecule has 2 fully saturated rings. The van der Waals surface area contributed by atoms with Gasteiger partial charge in [0.25, 0.3) is 0 Å². The molecule has 1 amide bonds. The summed E-state index contributed by atoms with van der Waals surface area (Å²) in [5.74, 6) is 0.541. The van der Waals surface area contributed by atoms with Crippen LogP contribution in [0.5, 0.6) is 0 Å². The van der Waals surface area contributed by atoms with E-state index >= 15 is 0 Å². The van der Waals surface area contributed by atoms with Crippen molar-refractivity contribution in [3.63, 3.8) is 0 Å². The van der Waals surface area contributed by atoms with Crippen molar-refractivity contribution in [3.05, 3.63) is 27.4 Å². The van der Waals surface area contributed by atoms with Crippen LogP contribution in [-0.4, -0.2) is 39.8 Å². The van der Waals surface area contributed by atoms with Gasteiger partial charge < -0.3 is 10.2 Å². The fourth-order valence-corrected chi connectivity index (χ4v) is 2.78. The lowest BCUT2D eigenvalue weighted by molar-refractivity contribution is -0.384. The van der Waals surface area contributed by atoms with E-state index in [0.29, 0.717) is 19.0 Å². The van der Waals surface area contributed by atoms with Crippen LogP contribution in [-0.2, 0) is 4.79 Å². The van der Waals surface area contributed by atoms with Gasteiger partial charge in [0.05, 0.1) is 9.95 Å². The highest BCUT2D eigenvalue weighted by Crippen LogP contribution is 2.33. The topological polar surface area (TPSA) is 88.4 Å². The largest absolute Gasteiger partial charge is 0.364 e. The lowest BCUT2D eigenvalue weighted by Crippen LogP contribution is -2.28. The zero-order chi connectivity index (χ0) is 15.0.